The third-order valence-electron chi connectivity index (χ3n) is 5.00. The molecule has 8 heteroatoms. The number of ether oxygens (including phenoxy) is 1. The second kappa shape index (κ2) is 9.15. The highest BCUT2D eigenvalue weighted by molar-refractivity contribution is 7.88. The number of hydrogen-bond donors (Lipinski definition) is 1. The minimum atomic E-state index is -3.54. The Bertz CT molecular complexity index is 994. The van der Waals surface area contributed by atoms with Gasteiger partial charge in [0, 0.05) is 18.1 Å². The van der Waals surface area contributed by atoms with Crippen molar-refractivity contribution in [3.8, 4) is 5.75 Å². The van der Waals surface area contributed by atoms with Crippen LogP contribution in [0.1, 0.15) is 24.0 Å². The molecule has 1 N–H and O–H groups in total. The van der Waals surface area contributed by atoms with E-state index in [1.165, 1.54) is 4.31 Å². The Morgan fingerprint density at radius 2 is 2.07 bits per heavy atom. The molecule has 1 atom stereocenters. The monoisotopic (exact) mass is 436 g/mol. The maximum Gasteiger partial charge on any atom is 0.228 e. The molecule has 0 aromatic heterocycles. The van der Waals surface area contributed by atoms with Gasteiger partial charge in [0.05, 0.1) is 24.5 Å². The number of hydrogen-bond acceptors (Lipinski definition) is 4. The van der Waals surface area contributed by atoms with Crippen molar-refractivity contribution in [3.05, 3.63) is 58.6 Å². The summed E-state index contributed by atoms with van der Waals surface area (Å²) in [6.07, 6.45) is 1.28. The highest BCUT2D eigenvalue weighted by Crippen LogP contribution is 2.28. The van der Waals surface area contributed by atoms with Gasteiger partial charge in [-0.15, -0.1) is 0 Å². The fourth-order valence-corrected chi connectivity index (χ4v) is 5.30. The Morgan fingerprint density at radius 1 is 1.28 bits per heavy atom. The van der Waals surface area contributed by atoms with Crippen LogP contribution in [0.2, 0.25) is 5.02 Å². The van der Waals surface area contributed by atoms with E-state index in [1.807, 2.05) is 19.1 Å². The van der Waals surface area contributed by atoms with E-state index in [1.54, 1.807) is 37.4 Å². The summed E-state index contributed by atoms with van der Waals surface area (Å²) in [4.78, 5) is 12.8. The van der Waals surface area contributed by atoms with Gasteiger partial charge in [-0.25, -0.2) is 12.7 Å². The molecule has 6 nitrogen and oxygen atoms in total. The summed E-state index contributed by atoms with van der Waals surface area (Å²) in [5.74, 6) is -0.169. The number of benzene rings is 2. The molecular formula is C21H25ClN2O4S. The molecular weight excluding hydrogens is 412 g/mol. The van der Waals surface area contributed by atoms with Gasteiger partial charge in [0.2, 0.25) is 15.9 Å². The molecule has 156 valence electrons. The van der Waals surface area contributed by atoms with Crippen LogP contribution in [0.3, 0.4) is 0 Å². The van der Waals surface area contributed by atoms with E-state index in [0.29, 0.717) is 41.4 Å². The molecule has 29 heavy (non-hydrogen) atoms. The number of sulfonamides is 1. The number of methoxy groups -OCH3 is 1. The molecule has 1 fully saturated rings. The summed E-state index contributed by atoms with van der Waals surface area (Å²) >= 11 is 5.97. The molecule has 2 aromatic rings. The molecule has 0 radical (unpaired) electrons. The van der Waals surface area contributed by atoms with Crippen molar-refractivity contribution in [1.82, 2.24) is 4.31 Å². The van der Waals surface area contributed by atoms with Crippen molar-refractivity contribution in [2.24, 2.45) is 5.92 Å². The second-order valence-corrected chi connectivity index (χ2v) is 9.68. The first kappa shape index (κ1) is 21.6. The smallest absolute Gasteiger partial charge is 0.228 e. The average molecular weight is 437 g/mol. The zero-order valence-corrected chi connectivity index (χ0v) is 18.1. The van der Waals surface area contributed by atoms with Crippen molar-refractivity contribution >= 4 is 33.2 Å². The molecule has 0 unspecified atom stereocenters. The summed E-state index contributed by atoms with van der Waals surface area (Å²) in [6.45, 7) is 2.52. The largest absolute Gasteiger partial charge is 0.495 e. The van der Waals surface area contributed by atoms with Crippen LogP contribution < -0.4 is 10.1 Å². The first-order valence-electron chi connectivity index (χ1n) is 9.46. The highest BCUT2D eigenvalue weighted by Gasteiger charge is 2.32. The molecule has 0 spiro atoms. The van der Waals surface area contributed by atoms with Crippen molar-refractivity contribution in [3.63, 3.8) is 0 Å². The topological polar surface area (TPSA) is 75.7 Å². The lowest BCUT2D eigenvalue weighted by Gasteiger charge is -2.31. The van der Waals surface area contributed by atoms with Gasteiger partial charge in [0.15, 0.2) is 0 Å². The van der Waals surface area contributed by atoms with Crippen molar-refractivity contribution in [1.29, 1.82) is 0 Å². The van der Waals surface area contributed by atoms with Crippen LogP contribution in [-0.2, 0) is 20.6 Å². The molecule has 1 amide bonds. The SMILES string of the molecule is COc1ccc(C)cc1NC(=O)[C@@H]1CCCN(S(=O)(=O)Cc2cccc(Cl)c2)C1. The van der Waals surface area contributed by atoms with Crippen LogP contribution in [0, 0.1) is 12.8 Å². The molecule has 0 aliphatic carbocycles. The Balaban J connectivity index is 1.70. The van der Waals surface area contributed by atoms with Crippen molar-refractivity contribution < 1.29 is 17.9 Å². The lowest BCUT2D eigenvalue weighted by atomic mass is 9.98. The Kier molecular flexibility index (Phi) is 6.82. The van der Waals surface area contributed by atoms with Crippen molar-refractivity contribution in [2.45, 2.75) is 25.5 Å². The van der Waals surface area contributed by atoms with E-state index in [2.05, 4.69) is 5.32 Å². The fraction of sp³-hybridized carbons (Fsp3) is 0.381. The van der Waals surface area contributed by atoms with E-state index in [-0.39, 0.29) is 18.2 Å². The maximum atomic E-state index is 12.9. The highest BCUT2D eigenvalue weighted by atomic mass is 35.5. The number of anilines is 1. The van der Waals surface area contributed by atoms with E-state index < -0.39 is 15.9 Å². The summed E-state index contributed by atoms with van der Waals surface area (Å²) in [5.41, 5.74) is 2.22. The average Bonchev–Trinajstić information content (AvgIpc) is 2.68. The number of piperidine rings is 1. The fourth-order valence-electron chi connectivity index (χ4n) is 3.49. The summed E-state index contributed by atoms with van der Waals surface area (Å²) in [7, 11) is -2.00. The lowest BCUT2D eigenvalue weighted by molar-refractivity contribution is -0.120. The summed E-state index contributed by atoms with van der Waals surface area (Å²) in [5, 5.41) is 3.40. The van der Waals surface area contributed by atoms with Crippen LogP contribution >= 0.6 is 11.6 Å². The Morgan fingerprint density at radius 3 is 2.79 bits per heavy atom. The third kappa shape index (κ3) is 5.50. The third-order valence-corrected chi connectivity index (χ3v) is 7.05. The van der Waals surface area contributed by atoms with E-state index in [9.17, 15) is 13.2 Å². The van der Waals surface area contributed by atoms with Crippen LogP contribution in [0.25, 0.3) is 0 Å². The second-order valence-electron chi connectivity index (χ2n) is 7.28. The van der Waals surface area contributed by atoms with Gasteiger partial charge in [-0.1, -0.05) is 29.8 Å². The zero-order valence-electron chi connectivity index (χ0n) is 16.5. The van der Waals surface area contributed by atoms with Crippen LogP contribution in [0.15, 0.2) is 42.5 Å². The van der Waals surface area contributed by atoms with Gasteiger partial charge in [-0.3, -0.25) is 4.79 Å². The minimum absolute atomic E-state index is 0.131. The number of nitrogens with zero attached hydrogens (tertiary/aromatic N) is 1. The maximum absolute atomic E-state index is 12.9. The number of rotatable bonds is 6. The molecule has 0 bridgehead atoms. The minimum Gasteiger partial charge on any atom is -0.495 e. The molecule has 1 saturated heterocycles. The van der Waals surface area contributed by atoms with Gasteiger partial charge < -0.3 is 10.1 Å². The van der Waals surface area contributed by atoms with Crippen LogP contribution in [-0.4, -0.2) is 38.8 Å². The first-order chi connectivity index (χ1) is 13.8. The normalized spacial score (nSPS) is 17.7. The van der Waals surface area contributed by atoms with Gasteiger partial charge in [-0.05, 0) is 55.2 Å². The van der Waals surface area contributed by atoms with E-state index in [0.717, 1.165) is 5.56 Å². The zero-order chi connectivity index (χ0) is 21.0. The van der Waals surface area contributed by atoms with Crippen molar-refractivity contribution in [2.75, 3.05) is 25.5 Å². The predicted octanol–water partition coefficient (Wildman–Crippen LogP) is 3.84. The van der Waals surface area contributed by atoms with Gasteiger partial charge >= 0.3 is 0 Å². The predicted molar refractivity (Wildman–Crippen MR) is 115 cm³/mol. The van der Waals surface area contributed by atoms with Crippen LogP contribution in [0.4, 0.5) is 5.69 Å². The number of carbonyl (C=O) groups is 1. The quantitative estimate of drug-likeness (QED) is 0.746. The summed E-state index contributed by atoms with van der Waals surface area (Å²) in [6, 6.07) is 12.4. The van der Waals surface area contributed by atoms with Gasteiger partial charge in [-0.2, -0.15) is 0 Å². The molecule has 2 aromatic carbocycles. The number of aryl methyl sites for hydroxylation is 1. The lowest BCUT2D eigenvalue weighted by Crippen LogP contribution is -2.44. The van der Waals surface area contributed by atoms with E-state index >= 15 is 0 Å². The molecule has 1 heterocycles. The molecule has 1 aliphatic heterocycles. The Hall–Kier alpha value is -2.09. The summed E-state index contributed by atoms with van der Waals surface area (Å²) < 4.78 is 32.5. The van der Waals surface area contributed by atoms with E-state index in [4.69, 9.17) is 16.3 Å². The first-order valence-corrected chi connectivity index (χ1v) is 11.4. The number of halogens is 1. The van der Waals surface area contributed by atoms with Gasteiger partial charge in [0.1, 0.15) is 5.75 Å². The standard InChI is InChI=1S/C21H25ClN2O4S/c1-15-8-9-20(28-2)19(11-15)23-21(25)17-6-4-10-24(13-17)29(26,27)14-16-5-3-7-18(22)12-16/h3,5,7-9,11-12,17H,4,6,10,13-14H2,1-2H3,(H,23,25)/t17-/m1/s1. The Labute approximate surface area is 176 Å². The van der Waals surface area contributed by atoms with Gasteiger partial charge in [0.25, 0.3) is 0 Å². The molecule has 1 aliphatic rings. The number of carbonyl (C=O) groups excluding carboxylic acids is 1. The number of nitrogens with one attached hydrogen (secondary N) is 1. The number of amides is 1. The molecule has 0 saturated carbocycles. The van der Waals surface area contributed by atoms with Crippen LogP contribution in [0.5, 0.6) is 5.75 Å². The molecule has 3 rings (SSSR count).